The number of pyridine rings is 1. The largest absolute Gasteiger partial charge is 0.413 e. The number of allylic oxidation sites excluding steroid dienone is 3. The first kappa shape index (κ1) is 26.2. The molecule has 9 heteroatoms. The van der Waals surface area contributed by atoms with Gasteiger partial charge in [0, 0.05) is 34.5 Å². The Hall–Kier alpha value is -2.72. The molecule has 5 aliphatic rings. The minimum Gasteiger partial charge on any atom is -0.388 e. The van der Waals surface area contributed by atoms with Crippen molar-refractivity contribution in [1.29, 1.82) is 0 Å². The highest BCUT2D eigenvalue weighted by Crippen LogP contribution is 2.70. The number of anilines is 1. The molecule has 2 bridgehead atoms. The average molecular weight is 554 g/mol. The van der Waals surface area contributed by atoms with Crippen LogP contribution < -0.4 is 5.73 Å². The van der Waals surface area contributed by atoms with Gasteiger partial charge in [0.1, 0.15) is 11.9 Å². The number of benzene rings is 1. The zero-order valence-electron chi connectivity index (χ0n) is 22.8. The van der Waals surface area contributed by atoms with Crippen LogP contribution in [0.2, 0.25) is 0 Å². The second-order valence-electron chi connectivity index (χ2n) is 12.8. The molecule has 2 aliphatic heterocycles. The Kier molecular flexibility index (Phi) is 5.36. The number of aliphatic hydroxyl groups is 2. The maximum atomic E-state index is 14.9. The first-order valence-corrected chi connectivity index (χ1v) is 13.9. The van der Waals surface area contributed by atoms with Crippen molar-refractivity contribution in [3.05, 3.63) is 64.9 Å². The highest BCUT2D eigenvalue weighted by molar-refractivity contribution is 5.93. The van der Waals surface area contributed by atoms with Gasteiger partial charge in [-0.3, -0.25) is 0 Å². The van der Waals surface area contributed by atoms with E-state index in [9.17, 15) is 23.4 Å². The fourth-order valence-electron chi connectivity index (χ4n) is 8.75. The Morgan fingerprint density at radius 2 is 1.93 bits per heavy atom. The number of aromatic nitrogens is 1. The molecule has 2 spiro atoms. The van der Waals surface area contributed by atoms with Gasteiger partial charge in [-0.05, 0) is 86.0 Å². The van der Waals surface area contributed by atoms with Gasteiger partial charge in [0.05, 0.1) is 17.3 Å². The predicted octanol–water partition coefficient (Wildman–Crippen LogP) is 4.77. The van der Waals surface area contributed by atoms with Gasteiger partial charge in [-0.1, -0.05) is 31.2 Å². The Morgan fingerprint density at radius 1 is 1.15 bits per heavy atom. The summed E-state index contributed by atoms with van der Waals surface area (Å²) >= 11 is 0. The number of alkyl halides is 3. The van der Waals surface area contributed by atoms with Crippen LogP contribution in [0.4, 0.5) is 19.0 Å². The highest BCUT2D eigenvalue weighted by atomic mass is 19.4. The molecule has 1 saturated carbocycles. The summed E-state index contributed by atoms with van der Waals surface area (Å²) in [4.78, 5) is 6.02. The van der Waals surface area contributed by atoms with Crippen LogP contribution in [0.15, 0.2) is 59.3 Å². The molecule has 6 nitrogen and oxygen atoms in total. The summed E-state index contributed by atoms with van der Waals surface area (Å²) in [6, 6.07) is 7.31. The summed E-state index contributed by atoms with van der Waals surface area (Å²) in [6.07, 6.45) is 0.106. The van der Waals surface area contributed by atoms with E-state index in [-0.39, 0.29) is 24.0 Å². The number of halogens is 3. The maximum absolute atomic E-state index is 14.9. The number of likely N-dealkylation sites (N-methyl/N-ethyl adjacent to an activating group) is 1. The average Bonchev–Trinajstić information content (AvgIpc) is 3.40. The Labute approximate surface area is 231 Å². The number of fused-ring (bicyclic) bond motifs is 2. The quantitative estimate of drug-likeness (QED) is 0.496. The Bertz CT molecular complexity index is 1530. The standard InChI is InChI=1S/C31H34F3N3O3/c1-28-14-22(31(32,33)34)20-13-21-25(38)26(39)23(37(2)3)15-29(21)9-10-30(20,40-29)24(28)7-6-19(28)17-4-5-18-16(12-17)8-11-36-27(18)35/h4-6,8,11-13,23-26,38-39H,7,9-10,14-15H2,1-3H3,(H2,35,36). The fraction of sp³-hybridized carbons (Fsp3) is 0.516. The van der Waals surface area contributed by atoms with Gasteiger partial charge in [-0.25, -0.2) is 4.98 Å². The van der Waals surface area contributed by atoms with Crippen LogP contribution in [0.25, 0.3) is 16.3 Å². The lowest BCUT2D eigenvalue weighted by atomic mass is 9.56. The van der Waals surface area contributed by atoms with Crippen molar-refractivity contribution in [3.8, 4) is 0 Å². The molecule has 2 aromatic rings. The molecule has 7 atom stereocenters. The first-order chi connectivity index (χ1) is 18.8. The first-order valence-electron chi connectivity index (χ1n) is 13.9. The van der Waals surface area contributed by atoms with E-state index >= 15 is 0 Å². The van der Waals surface area contributed by atoms with E-state index in [1.807, 2.05) is 50.2 Å². The minimum absolute atomic E-state index is 0.146. The third-order valence-electron chi connectivity index (χ3n) is 10.6. The van der Waals surface area contributed by atoms with Crippen LogP contribution in [0, 0.1) is 11.3 Å². The van der Waals surface area contributed by atoms with Gasteiger partial charge in [0.2, 0.25) is 0 Å². The third kappa shape index (κ3) is 3.29. The molecule has 4 N–H and O–H groups in total. The number of hydrogen-bond donors (Lipinski definition) is 3. The van der Waals surface area contributed by atoms with Crippen molar-refractivity contribution < 1.29 is 28.1 Å². The van der Waals surface area contributed by atoms with Crippen molar-refractivity contribution in [2.45, 2.75) is 74.7 Å². The highest BCUT2D eigenvalue weighted by Gasteiger charge is 2.69. The number of nitrogens with two attached hydrogens (primary N) is 1. The number of hydrogen-bond acceptors (Lipinski definition) is 6. The normalized spacial score (nSPS) is 38.7. The summed E-state index contributed by atoms with van der Waals surface area (Å²) in [5.41, 5.74) is 4.94. The molecule has 1 aromatic heterocycles. The molecule has 0 radical (unpaired) electrons. The number of nitrogens with zero attached hydrogens (tertiary/aromatic N) is 2. The van der Waals surface area contributed by atoms with E-state index < -0.39 is 40.6 Å². The lowest BCUT2D eigenvalue weighted by Gasteiger charge is -2.57. The smallest absolute Gasteiger partial charge is 0.388 e. The van der Waals surface area contributed by atoms with Crippen LogP contribution in [0.5, 0.6) is 0 Å². The van der Waals surface area contributed by atoms with Crippen LogP contribution in [-0.2, 0) is 4.74 Å². The molecule has 40 heavy (non-hydrogen) atoms. The van der Waals surface area contributed by atoms with E-state index in [1.165, 1.54) is 0 Å². The SMILES string of the molecule is CN(C)C1CC23CCC4(O2)C(=C(C(F)(F)F)CC2(C)C(c5ccc6c(N)nccc6c5)=CCC24)C=C3C(O)C1O. The van der Waals surface area contributed by atoms with Crippen molar-refractivity contribution in [3.63, 3.8) is 0 Å². The van der Waals surface area contributed by atoms with Crippen molar-refractivity contribution in [1.82, 2.24) is 9.88 Å². The Balaban J connectivity index is 1.39. The maximum Gasteiger partial charge on any atom is 0.413 e. The molecule has 3 heterocycles. The van der Waals surface area contributed by atoms with E-state index in [0.29, 0.717) is 37.1 Å². The van der Waals surface area contributed by atoms with Crippen molar-refractivity contribution in [2.24, 2.45) is 11.3 Å². The van der Waals surface area contributed by atoms with Gasteiger partial charge in [-0.2, -0.15) is 13.2 Å². The van der Waals surface area contributed by atoms with Gasteiger partial charge in [0.25, 0.3) is 0 Å². The second kappa shape index (κ2) is 8.18. The van der Waals surface area contributed by atoms with Gasteiger partial charge in [-0.15, -0.1) is 0 Å². The summed E-state index contributed by atoms with van der Waals surface area (Å²) < 4.78 is 51.7. The van der Waals surface area contributed by atoms with E-state index in [4.69, 9.17) is 10.5 Å². The molecule has 212 valence electrons. The minimum atomic E-state index is -4.57. The number of ether oxygens (including phenoxy) is 1. The van der Waals surface area contributed by atoms with Crippen molar-refractivity contribution in [2.75, 3.05) is 19.8 Å². The number of nitrogen functional groups attached to an aromatic ring is 1. The Morgan fingerprint density at radius 3 is 2.65 bits per heavy atom. The van der Waals surface area contributed by atoms with Gasteiger partial charge >= 0.3 is 6.18 Å². The van der Waals surface area contributed by atoms with Gasteiger partial charge < -0.3 is 25.6 Å². The molecule has 7 unspecified atom stereocenters. The monoisotopic (exact) mass is 553 g/mol. The summed E-state index contributed by atoms with van der Waals surface area (Å²) in [7, 11) is 3.68. The number of rotatable bonds is 2. The molecule has 3 aliphatic carbocycles. The summed E-state index contributed by atoms with van der Waals surface area (Å²) in [5, 5.41) is 23.8. The molecule has 1 saturated heterocycles. The molecule has 7 rings (SSSR count). The fourth-order valence-corrected chi connectivity index (χ4v) is 8.75. The zero-order chi connectivity index (χ0) is 28.4. The van der Waals surface area contributed by atoms with Crippen LogP contribution in [-0.4, -0.2) is 69.8 Å². The predicted molar refractivity (Wildman–Crippen MR) is 146 cm³/mol. The lowest BCUT2D eigenvalue weighted by Crippen LogP contribution is -2.62. The van der Waals surface area contributed by atoms with Crippen LogP contribution >= 0.6 is 0 Å². The summed E-state index contributed by atoms with van der Waals surface area (Å²) in [6.45, 7) is 1.95. The van der Waals surface area contributed by atoms with Crippen LogP contribution in [0.3, 0.4) is 0 Å². The molecular weight excluding hydrogens is 519 g/mol. The molecule has 2 fully saturated rings. The van der Waals surface area contributed by atoms with E-state index in [0.717, 1.165) is 21.9 Å². The topological polar surface area (TPSA) is 91.8 Å². The molecular formula is C31H34F3N3O3. The van der Waals surface area contributed by atoms with Crippen molar-refractivity contribution >= 4 is 22.2 Å². The zero-order valence-corrected chi connectivity index (χ0v) is 22.8. The lowest BCUT2D eigenvalue weighted by molar-refractivity contribution is -0.170. The molecule has 1 aromatic carbocycles. The van der Waals surface area contributed by atoms with E-state index in [1.54, 1.807) is 12.3 Å². The summed E-state index contributed by atoms with van der Waals surface area (Å²) in [5.74, 6) is 0.218. The molecule has 0 amide bonds. The number of aliphatic hydroxyl groups excluding tert-OH is 2. The third-order valence-corrected chi connectivity index (χ3v) is 10.6. The van der Waals surface area contributed by atoms with Crippen LogP contribution in [0.1, 0.15) is 44.6 Å². The van der Waals surface area contributed by atoms with E-state index in [2.05, 4.69) is 11.1 Å². The second-order valence-corrected chi connectivity index (χ2v) is 12.8. The van der Waals surface area contributed by atoms with Gasteiger partial charge in [0.15, 0.2) is 0 Å².